The summed E-state index contributed by atoms with van der Waals surface area (Å²) >= 11 is 0. The fraction of sp³-hybridized carbons (Fsp3) is 0.0952. The van der Waals surface area contributed by atoms with Gasteiger partial charge < -0.3 is 10.1 Å². The van der Waals surface area contributed by atoms with Crippen molar-refractivity contribution in [2.45, 2.75) is 0 Å². The molecule has 1 N–H and O–H groups in total. The highest BCUT2D eigenvalue weighted by Crippen LogP contribution is 2.33. The van der Waals surface area contributed by atoms with Gasteiger partial charge in [0.15, 0.2) is 5.75 Å². The zero-order chi connectivity index (χ0) is 20.9. The average molecular weight is 414 g/mol. The number of anilines is 2. The molecule has 6 nitrogen and oxygen atoms in total. The van der Waals surface area contributed by atoms with Crippen molar-refractivity contribution in [3.05, 3.63) is 84.7 Å². The Balaban J connectivity index is 1.87. The Morgan fingerprint density at radius 2 is 1.69 bits per heavy atom. The van der Waals surface area contributed by atoms with Gasteiger partial charge in [0.25, 0.3) is 0 Å². The zero-order valence-corrected chi connectivity index (χ0v) is 16.4. The molecule has 0 aliphatic heterocycles. The summed E-state index contributed by atoms with van der Waals surface area (Å²) in [5, 5.41) is 2.50. The van der Waals surface area contributed by atoms with Crippen LogP contribution in [0.15, 0.2) is 78.9 Å². The van der Waals surface area contributed by atoms with Crippen LogP contribution in [0.5, 0.6) is 11.5 Å². The van der Waals surface area contributed by atoms with Crippen molar-refractivity contribution in [2.75, 3.05) is 22.4 Å². The van der Waals surface area contributed by atoms with Crippen LogP contribution in [0.2, 0.25) is 0 Å². The summed E-state index contributed by atoms with van der Waals surface area (Å²) in [4.78, 5) is 12.4. The number of nitrogens with one attached hydrogen (secondary N) is 1. The van der Waals surface area contributed by atoms with E-state index in [0.29, 0.717) is 5.75 Å². The van der Waals surface area contributed by atoms with E-state index in [-0.39, 0.29) is 17.1 Å². The van der Waals surface area contributed by atoms with Gasteiger partial charge in [-0.05, 0) is 42.5 Å². The predicted molar refractivity (Wildman–Crippen MR) is 110 cm³/mol. The molecule has 0 saturated carbocycles. The smallest absolute Gasteiger partial charge is 0.245 e. The highest BCUT2D eigenvalue weighted by molar-refractivity contribution is 7.92. The van der Waals surface area contributed by atoms with Crippen molar-refractivity contribution >= 4 is 27.3 Å². The molecule has 0 aliphatic carbocycles. The average Bonchev–Trinajstić information content (AvgIpc) is 2.67. The Morgan fingerprint density at radius 1 is 1.00 bits per heavy atom. The van der Waals surface area contributed by atoms with Crippen LogP contribution in [0.25, 0.3) is 0 Å². The van der Waals surface area contributed by atoms with Crippen LogP contribution in [0.4, 0.5) is 15.8 Å². The van der Waals surface area contributed by atoms with Gasteiger partial charge in [-0.15, -0.1) is 0 Å². The number of carbonyl (C=O) groups is 1. The largest absolute Gasteiger partial charge is 0.455 e. The van der Waals surface area contributed by atoms with Crippen LogP contribution in [-0.4, -0.2) is 27.1 Å². The Hall–Kier alpha value is -3.39. The van der Waals surface area contributed by atoms with Crippen molar-refractivity contribution in [1.82, 2.24) is 0 Å². The number of nitrogens with zero attached hydrogens (tertiary/aromatic N) is 1. The first kappa shape index (κ1) is 20.3. The van der Waals surface area contributed by atoms with Gasteiger partial charge in [-0.25, -0.2) is 12.8 Å². The van der Waals surface area contributed by atoms with E-state index in [0.717, 1.165) is 16.6 Å². The van der Waals surface area contributed by atoms with E-state index in [1.165, 1.54) is 18.2 Å². The summed E-state index contributed by atoms with van der Waals surface area (Å²) < 4.78 is 44.9. The third-order valence-electron chi connectivity index (χ3n) is 3.90. The summed E-state index contributed by atoms with van der Waals surface area (Å²) in [5.41, 5.74) is 0.450. The second-order valence-corrected chi connectivity index (χ2v) is 8.12. The lowest BCUT2D eigenvalue weighted by Crippen LogP contribution is -2.37. The maximum absolute atomic E-state index is 13.3. The lowest BCUT2D eigenvalue weighted by Gasteiger charge is -2.24. The Bertz CT molecular complexity index is 1100. The Morgan fingerprint density at radius 3 is 2.38 bits per heavy atom. The van der Waals surface area contributed by atoms with E-state index < -0.39 is 28.3 Å². The van der Waals surface area contributed by atoms with Crippen LogP contribution < -0.4 is 14.4 Å². The third-order valence-corrected chi connectivity index (χ3v) is 5.03. The first-order valence-electron chi connectivity index (χ1n) is 8.68. The molecule has 0 saturated heterocycles. The molecule has 0 atom stereocenters. The number of hydrogen-bond acceptors (Lipinski definition) is 4. The maximum Gasteiger partial charge on any atom is 0.245 e. The summed E-state index contributed by atoms with van der Waals surface area (Å²) in [6, 6.07) is 20.8. The van der Waals surface area contributed by atoms with Crippen LogP contribution in [0.1, 0.15) is 0 Å². The van der Waals surface area contributed by atoms with E-state index >= 15 is 0 Å². The fourth-order valence-corrected chi connectivity index (χ4v) is 3.50. The van der Waals surface area contributed by atoms with Crippen LogP contribution in [-0.2, 0) is 14.8 Å². The van der Waals surface area contributed by atoms with E-state index in [2.05, 4.69) is 5.32 Å². The summed E-state index contributed by atoms with van der Waals surface area (Å²) in [5.74, 6) is -0.319. The molecule has 1 amide bonds. The molecule has 0 radical (unpaired) electrons. The molecule has 0 unspecified atom stereocenters. The molecule has 0 bridgehead atoms. The number of ether oxygens (including phenoxy) is 1. The molecule has 0 spiro atoms. The Labute approximate surface area is 168 Å². The summed E-state index contributed by atoms with van der Waals surface area (Å²) in [6.45, 7) is -0.496. The quantitative estimate of drug-likeness (QED) is 0.634. The molecule has 0 aromatic heterocycles. The van der Waals surface area contributed by atoms with Crippen molar-refractivity contribution in [3.63, 3.8) is 0 Å². The molecule has 3 rings (SSSR count). The first-order chi connectivity index (χ1) is 13.8. The number of carbonyl (C=O) groups excluding carboxylic acids is 1. The van der Waals surface area contributed by atoms with Crippen LogP contribution in [0.3, 0.4) is 0 Å². The molecule has 0 fully saturated rings. The summed E-state index contributed by atoms with van der Waals surface area (Å²) in [6.07, 6.45) is 1.00. The van der Waals surface area contributed by atoms with E-state index in [9.17, 15) is 17.6 Å². The third kappa shape index (κ3) is 5.55. The molecule has 3 aromatic carbocycles. The molecule has 0 heterocycles. The van der Waals surface area contributed by atoms with E-state index in [1.807, 2.05) is 6.07 Å². The van der Waals surface area contributed by atoms with Gasteiger partial charge >= 0.3 is 0 Å². The van der Waals surface area contributed by atoms with Gasteiger partial charge in [0, 0.05) is 5.69 Å². The lowest BCUT2D eigenvalue weighted by atomic mass is 10.2. The summed E-state index contributed by atoms with van der Waals surface area (Å²) in [7, 11) is -3.81. The van der Waals surface area contributed by atoms with Crippen molar-refractivity contribution < 1.29 is 22.3 Å². The molecule has 3 aromatic rings. The molecule has 8 heteroatoms. The van der Waals surface area contributed by atoms with Gasteiger partial charge in [0.05, 0.1) is 11.9 Å². The van der Waals surface area contributed by atoms with Crippen molar-refractivity contribution in [1.29, 1.82) is 0 Å². The number of para-hydroxylation sites is 3. The molecular formula is C21H19FN2O4S. The van der Waals surface area contributed by atoms with Crippen molar-refractivity contribution in [2.24, 2.45) is 0 Å². The molecule has 150 valence electrons. The van der Waals surface area contributed by atoms with Gasteiger partial charge in [-0.2, -0.15) is 0 Å². The monoisotopic (exact) mass is 414 g/mol. The lowest BCUT2D eigenvalue weighted by molar-refractivity contribution is -0.114. The topological polar surface area (TPSA) is 75.7 Å². The number of halogens is 1. The normalized spacial score (nSPS) is 11.0. The predicted octanol–water partition coefficient (Wildman–Crippen LogP) is 4.02. The second kappa shape index (κ2) is 8.74. The molecular weight excluding hydrogens is 395 g/mol. The van der Waals surface area contributed by atoms with E-state index in [1.54, 1.807) is 48.5 Å². The first-order valence-corrected chi connectivity index (χ1v) is 10.5. The minimum Gasteiger partial charge on any atom is -0.455 e. The second-order valence-electron chi connectivity index (χ2n) is 6.21. The van der Waals surface area contributed by atoms with Gasteiger partial charge in [-0.3, -0.25) is 9.10 Å². The van der Waals surface area contributed by atoms with Crippen LogP contribution >= 0.6 is 0 Å². The minimum atomic E-state index is -3.81. The number of amides is 1. The van der Waals surface area contributed by atoms with Gasteiger partial charge in [-0.1, -0.05) is 36.4 Å². The van der Waals surface area contributed by atoms with Gasteiger partial charge in [0.2, 0.25) is 15.9 Å². The highest BCUT2D eigenvalue weighted by Gasteiger charge is 2.24. The number of benzene rings is 3. The number of hydrogen-bond donors (Lipinski definition) is 1. The number of rotatable bonds is 7. The van der Waals surface area contributed by atoms with Gasteiger partial charge in [0.1, 0.15) is 18.1 Å². The SMILES string of the molecule is CS(=O)(=O)N(CC(=O)Nc1cccc(F)c1)c1ccccc1Oc1ccccc1. The standard InChI is InChI=1S/C21H19FN2O4S/c1-29(26,27)24(15-21(25)23-17-9-7-8-16(22)14-17)19-12-5-6-13-20(19)28-18-10-3-2-4-11-18/h2-14H,15H2,1H3,(H,23,25). The highest BCUT2D eigenvalue weighted by atomic mass is 32.2. The fourth-order valence-electron chi connectivity index (χ4n) is 2.64. The minimum absolute atomic E-state index is 0.216. The maximum atomic E-state index is 13.3. The molecule has 0 aliphatic rings. The van der Waals surface area contributed by atoms with Crippen molar-refractivity contribution in [3.8, 4) is 11.5 Å². The van der Waals surface area contributed by atoms with E-state index in [4.69, 9.17) is 4.74 Å². The Kier molecular flexibility index (Phi) is 6.13. The van der Waals surface area contributed by atoms with Crippen LogP contribution in [0, 0.1) is 5.82 Å². The molecule has 29 heavy (non-hydrogen) atoms. The number of sulfonamides is 1. The zero-order valence-electron chi connectivity index (χ0n) is 15.6.